The Hall–Kier alpha value is -0.520. The van der Waals surface area contributed by atoms with Crippen molar-refractivity contribution in [1.82, 2.24) is 10.6 Å². The van der Waals surface area contributed by atoms with Crippen LogP contribution in [-0.2, 0) is 0 Å². The Morgan fingerprint density at radius 3 is 2.71 bits per heavy atom. The Morgan fingerprint density at radius 1 is 1.29 bits per heavy atom. The van der Waals surface area contributed by atoms with Crippen molar-refractivity contribution in [3.05, 3.63) is 0 Å². The summed E-state index contributed by atoms with van der Waals surface area (Å²) in [6, 6.07) is 1.37. The van der Waals surface area contributed by atoms with Crippen molar-refractivity contribution in [3.63, 3.8) is 0 Å². The molecule has 2 N–H and O–H groups in total. The Balaban J connectivity index is 2.32. The third-order valence-corrected chi connectivity index (χ3v) is 3.61. The van der Waals surface area contributed by atoms with Crippen LogP contribution in [0, 0.1) is 18.3 Å². The molecule has 2 heteroatoms. The van der Waals surface area contributed by atoms with Gasteiger partial charge in [0.05, 0.1) is 6.04 Å². The van der Waals surface area contributed by atoms with Crippen molar-refractivity contribution in [1.29, 1.82) is 0 Å². The molecule has 1 fully saturated rings. The van der Waals surface area contributed by atoms with Gasteiger partial charge >= 0.3 is 0 Å². The SMILES string of the molecule is C#CC(NC(C)CC1CCCCCN1)C(C)C. The van der Waals surface area contributed by atoms with Gasteiger partial charge in [0.15, 0.2) is 0 Å². The van der Waals surface area contributed by atoms with Crippen molar-refractivity contribution in [2.45, 2.75) is 71.0 Å². The molecule has 1 aliphatic rings. The van der Waals surface area contributed by atoms with Gasteiger partial charge in [-0.1, -0.05) is 32.6 Å². The molecule has 3 atom stereocenters. The molecule has 0 aliphatic carbocycles. The Labute approximate surface area is 107 Å². The van der Waals surface area contributed by atoms with Crippen LogP contribution in [0.1, 0.15) is 52.9 Å². The summed E-state index contributed by atoms with van der Waals surface area (Å²) in [5.74, 6) is 3.35. The number of rotatable bonds is 5. The number of hydrogen-bond donors (Lipinski definition) is 2. The zero-order chi connectivity index (χ0) is 12.7. The van der Waals surface area contributed by atoms with E-state index in [1.807, 2.05) is 0 Å². The summed E-state index contributed by atoms with van der Waals surface area (Å²) in [7, 11) is 0. The Kier molecular flexibility index (Phi) is 6.62. The smallest absolute Gasteiger partial charge is 0.0712 e. The summed E-state index contributed by atoms with van der Waals surface area (Å²) >= 11 is 0. The van der Waals surface area contributed by atoms with Crippen LogP contribution in [0.2, 0.25) is 0 Å². The average Bonchev–Trinajstić information content (AvgIpc) is 2.54. The van der Waals surface area contributed by atoms with Gasteiger partial charge in [0.2, 0.25) is 0 Å². The van der Waals surface area contributed by atoms with Crippen LogP contribution in [0.25, 0.3) is 0 Å². The van der Waals surface area contributed by atoms with Crippen molar-refractivity contribution in [2.75, 3.05) is 6.54 Å². The van der Waals surface area contributed by atoms with E-state index in [0.29, 0.717) is 18.0 Å². The van der Waals surface area contributed by atoms with E-state index >= 15 is 0 Å². The fraction of sp³-hybridized carbons (Fsp3) is 0.867. The summed E-state index contributed by atoms with van der Waals surface area (Å²) in [4.78, 5) is 0. The lowest BCUT2D eigenvalue weighted by molar-refractivity contribution is 0.362. The average molecular weight is 236 g/mol. The van der Waals surface area contributed by atoms with Gasteiger partial charge in [-0.25, -0.2) is 0 Å². The van der Waals surface area contributed by atoms with E-state index in [1.54, 1.807) is 0 Å². The first kappa shape index (κ1) is 14.5. The first-order valence-electron chi connectivity index (χ1n) is 7.09. The number of terminal acetylenes is 1. The second-order valence-electron chi connectivity index (χ2n) is 5.69. The molecule has 2 nitrogen and oxygen atoms in total. The molecule has 0 amide bonds. The first-order chi connectivity index (χ1) is 8.13. The van der Waals surface area contributed by atoms with Gasteiger partial charge in [-0.05, 0) is 38.6 Å². The maximum Gasteiger partial charge on any atom is 0.0712 e. The summed E-state index contributed by atoms with van der Waals surface area (Å²) < 4.78 is 0. The van der Waals surface area contributed by atoms with Gasteiger partial charge in [-0.3, -0.25) is 0 Å². The second kappa shape index (κ2) is 7.74. The zero-order valence-corrected chi connectivity index (χ0v) is 11.6. The van der Waals surface area contributed by atoms with E-state index in [-0.39, 0.29) is 6.04 Å². The van der Waals surface area contributed by atoms with Gasteiger partial charge in [-0.2, -0.15) is 0 Å². The molecule has 0 aromatic rings. The monoisotopic (exact) mass is 236 g/mol. The predicted octanol–water partition coefficient (Wildman–Crippen LogP) is 2.54. The van der Waals surface area contributed by atoms with Gasteiger partial charge in [0.25, 0.3) is 0 Å². The minimum atomic E-state index is 0.204. The maximum atomic E-state index is 5.55. The lowest BCUT2D eigenvalue weighted by Crippen LogP contribution is -2.43. The van der Waals surface area contributed by atoms with Gasteiger partial charge in [0, 0.05) is 12.1 Å². The largest absolute Gasteiger partial charge is 0.314 e. The van der Waals surface area contributed by atoms with E-state index in [9.17, 15) is 0 Å². The Bertz CT molecular complexity index is 234. The molecule has 1 aliphatic heterocycles. The fourth-order valence-electron chi connectivity index (χ4n) is 2.54. The molecule has 0 saturated carbocycles. The summed E-state index contributed by atoms with van der Waals surface area (Å²) in [6.45, 7) is 7.78. The lowest BCUT2D eigenvalue weighted by atomic mass is 10.00. The second-order valence-corrected chi connectivity index (χ2v) is 5.69. The van der Waals surface area contributed by atoms with Crippen molar-refractivity contribution in [2.24, 2.45) is 5.92 Å². The molecule has 1 heterocycles. The maximum absolute atomic E-state index is 5.55. The van der Waals surface area contributed by atoms with Crippen LogP contribution < -0.4 is 10.6 Å². The van der Waals surface area contributed by atoms with E-state index in [1.165, 1.54) is 38.6 Å². The zero-order valence-electron chi connectivity index (χ0n) is 11.6. The van der Waals surface area contributed by atoms with Crippen molar-refractivity contribution < 1.29 is 0 Å². The van der Waals surface area contributed by atoms with Crippen LogP contribution >= 0.6 is 0 Å². The molecule has 3 unspecified atom stereocenters. The molecule has 0 bridgehead atoms. The van der Waals surface area contributed by atoms with Crippen molar-refractivity contribution >= 4 is 0 Å². The minimum absolute atomic E-state index is 0.204. The van der Waals surface area contributed by atoms with E-state index in [2.05, 4.69) is 37.3 Å². The molecule has 0 aromatic carbocycles. The quantitative estimate of drug-likeness (QED) is 0.717. The molecular formula is C15H28N2. The molecule has 1 saturated heterocycles. The first-order valence-corrected chi connectivity index (χ1v) is 7.09. The normalized spacial score (nSPS) is 25.0. The molecule has 1 rings (SSSR count). The minimum Gasteiger partial charge on any atom is -0.314 e. The molecule has 98 valence electrons. The highest BCUT2D eigenvalue weighted by molar-refractivity contribution is 5.01. The summed E-state index contributed by atoms with van der Waals surface area (Å²) in [5, 5.41) is 7.20. The lowest BCUT2D eigenvalue weighted by Gasteiger charge is -2.25. The molecular weight excluding hydrogens is 208 g/mol. The number of nitrogens with one attached hydrogen (secondary N) is 2. The molecule has 0 aromatic heterocycles. The number of hydrogen-bond acceptors (Lipinski definition) is 2. The highest BCUT2D eigenvalue weighted by Crippen LogP contribution is 2.13. The predicted molar refractivity (Wildman–Crippen MR) is 74.9 cm³/mol. The van der Waals surface area contributed by atoms with E-state index in [4.69, 9.17) is 6.42 Å². The topological polar surface area (TPSA) is 24.1 Å². The molecule has 0 radical (unpaired) electrons. The molecule has 17 heavy (non-hydrogen) atoms. The van der Waals surface area contributed by atoms with E-state index in [0.717, 1.165) is 0 Å². The van der Waals surface area contributed by atoms with Gasteiger partial charge in [-0.15, -0.1) is 6.42 Å². The van der Waals surface area contributed by atoms with Crippen LogP contribution in [0.3, 0.4) is 0 Å². The van der Waals surface area contributed by atoms with Gasteiger partial charge < -0.3 is 10.6 Å². The van der Waals surface area contributed by atoms with Crippen molar-refractivity contribution in [3.8, 4) is 12.3 Å². The Morgan fingerprint density at radius 2 is 2.06 bits per heavy atom. The summed E-state index contributed by atoms with van der Waals surface area (Å²) in [6.07, 6.45) is 12.1. The molecule has 0 spiro atoms. The summed E-state index contributed by atoms with van der Waals surface area (Å²) in [5.41, 5.74) is 0. The van der Waals surface area contributed by atoms with Crippen LogP contribution in [0.4, 0.5) is 0 Å². The van der Waals surface area contributed by atoms with Gasteiger partial charge in [0.1, 0.15) is 0 Å². The highest BCUT2D eigenvalue weighted by atomic mass is 15.0. The highest BCUT2D eigenvalue weighted by Gasteiger charge is 2.18. The third-order valence-electron chi connectivity index (χ3n) is 3.61. The van der Waals surface area contributed by atoms with Crippen LogP contribution in [-0.4, -0.2) is 24.7 Å². The van der Waals surface area contributed by atoms with Crippen LogP contribution in [0.5, 0.6) is 0 Å². The third kappa shape index (κ3) is 5.57. The fourth-order valence-corrected chi connectivity index (χ4v) is 2.54. The standard InChI is InChI=1S/C15H28N2/c1-5-15(12(2)3)17-13(4)11-14-9-7-6-8-10-16-14/h1,12-17H,6-11H2,2-4H3. The van der Waals surface area contributed by atoms with E-state index < -0.39 is 0 Å². The van der Waals surface area contributed by atoms with Crippen LogP contribution in [0.15, 0.2) is 0 Å².